The van der Waals surface area contributed by atoms with Crippen molar-refractivity contribution in [1.29, 1.82) is 0 Å². The minimum Gasteiger partial charge on any atom is -0.450 e. The summed E-state index contributed by atoms with van der Waals surface area (Å²) in [4.78, 5) is 9.37. The van der Waals surface area contributed by atoms with E-state index in [1.54, 1.807) is 12.1 Å². The third-order valence-corrected chi connectivity index (χ3v) is 1.70. The number of hydrogen-bond acceptors (Lipinski definition) is 3. The molecule has 1 aromatic heterocycles. The zero-order chi connectivity index (χ0) is 9.14. The Kier molecular flexibility index (Phi) is 2.88. The Bertz CT molecular complexity index is 333. The molecule has 0 atom stereocenters. The van der Waals surface area contributed by atoms with Gasteiger partial charge >= 0.3 is 5.16 Å². The van der Waals surface area contributed by atoms with Gasteiger partial charge in [0.2, 0.25) is 0 Å². The molecule has 0 aliphatic rings. The first-order chi connectivity index (χ1) is 5.59. The second-order valence-corrected chi connectivity index (χ2v) is 3.03. The highest BCUT2D eigenvalue weighted by Gasteiger charge is 2.06. The molecule has 0 saturated heterocycles. The lowest BCUT2D eigenvalue weighted by Crippen LogP contribution is -1.89. The molecule has 0 spiro atoms. The first-order valence-electron chi connectivity index (χ1n) is 2.86. The maximum atomic E-state index is 10.1. The van der Waals surface area contributed by atoms with Gasteiger partial charge in [-0.25, -0.2) is 0 Å². The molecule has 0 aromatic carbocycles. The Morgan fingerprint density at radius 2 is 2.42 bits per heavy atom. The third kappa shape index (κ3) is 2.35. The molecular formula is C6H3BrClNO3. The van der Waals surface area contributed by atoms with Crippen LogP contribution in [0, 0.1) is 10.1 Å². The fraction of sp³-hybridized carbons (Fsp3) is 0. The van der Waals surface area contributed by atoms with Crippen molar-refractivity contribution in [2.24, 2.45) is 0 Å². The fourth-order valence-electron chi connectivity index (χ4n) is 0.576. The summed E-state index contributed by atoms with van der Waals surface area (Å²) >= 11 is 8.30. The van der Waals surface area contributed by atoms with Crippen LogP contribution in [-0.2, 0) is 0 Å². The Hall–Kier alpha value is -0.810. The Labute approximate surface area is 81.1 Å². The molecule has 0 aliphatic heterocycles. The van der Waals surface area contributed by atoms with Gasteiger partial charge in [-0.3, -0.25) is 10.1 Å². The molecule has 0 N–H and O–H groups in total. The summed E-state index contributed by atoms with van der Waals surface area (Å²) in [6.07, 6.45) is 1.13. The lowest BCUT2D eigenvalue weighted by molar-refractivity contribution is -0.410. The monoisotopic (exact) mass is 251 g/mol. The number of furan rings is 1. The molecule has 4 nitrogen and oxygen atoms in total. The average Bonchev–Trinajstić information content (AvgIpc) is 2.35. The molecule has 0 fully saturated rings. The van der Waals surface area contributed by atoms with Crippen LogP contribution >= 0.6 is 27.5 Å². The summed E-state index contributed by atoms with van der Waals surface area (Å²) in [5, 5.41) is 9.59. The van der Waals surface area contributed by atoms with Crippen LogP contribution in [0.4, 0.5) is 0 Å². The van der Waals surface area contributed by atoms with E-state index in [4.69, 9.17) is 16.0 Å². The predicted molar refractivity (Wildman–Crippen MR) is 47.2 cm³/mol. The Morgan fingerprint density at radius 1 is 1.75 bits per heavy atom. The minimum absolute atomic E-state index is 0.337. The van der Waals surface area contributed by atoms with Crippen molar-refractivity contribution in [3.05, 3.63) is 37.8 Å². The molecule has 64 valence electrons. The van der Waals surface area contributed by atoms with Gasteiger partial charge in [-0.15, -0.1) is 0 Å². The smallest absolute Gasteiger partial charge is 0.340 e. The van der Waals surface area contributed by atoms with Crippen LogP contribution in [0.3, 0.4) is 0 Å². The zero-order valence-electron chi connectivity index (χ0n) is 5.66. The van der Waals surface area contributed by atoms with Crippen molar-refractivity contribution in [3.8, 4) is 0 Å². The highest BCUT2D eigenvalue weighted by atomic mass is 79.9. The molecule has 6 heteroatoms. The zero-order valence-corrected chi connectivity index (χ0v) is 8.00. The lowest BCUT2D eigenvalue weighted by Gasteiger charge is -1.84. The van der Waals surface area contributed by atoms with E-state index < -0.39 is 10.1 Å². The lowest BCUT2D eigenvalue weighted by atomic mass is 10.4. The van der Waals surface area contributed by atoms with Crippen LogP contribution in [0.15, 0.2) is 26.4 Å². The van der Waals surface area contributed by atoms with Gasteiger partial charge in [0.25, 0.3) is 0 Å². The highest BCUT2D eigenvalue weighted by Crippen LogP contribution is 2.17. The number of halogens is 2. The average molecular weight is 252 g/mol. The summed E-state index contributed by atoms with van der Waals surface area (Å²) in [7, 11) is 0. The van der Waals surface area contributed by atoms with Crippen LogP contribution in [0.25, 0.3) is 6.08 Å². The summed E-state index contributed by atoms with van der Waals surface area (Å²) < 4.78 is 5.46. The van der Waals surface area contributed by atoms with Gasteiger partial charge in [-0.1, -0.05) is 0 Å². The minimum atomic E-state index is -0.696. The molecule has 1 rings (SSSR count). The second-order valence-electron chi connectivity index (χ2n) is 1.87. The molecule has 12 heavy (non-hydrogen) atoms. The molecule has 0 aliphatic carbocycles. The Balaban J connectivity index is 2.87. The van der Waals surface area contributed by atoms with Gasteiger partial charge in [-0.2, -0.15) is 0 Å². The number of rotatable bonds is 2. The van der Waals surface area contributed by atoms with Gasteiger partial charge in [0.05, 0.1) is 11.0 Å². The molecular weight excluding hydrogens is 249 g/mol. The molecule has 0 unspecified atom stereocenters. The van der Waals surface area contributed by atoms with Crippen LogP contribution in [0.5, 0.6) is 0 Å². The van der Waals surface area contributed by atoms with Crippen LogP contribution in [-0.4, -0.2) is 4.92 Å². The first-order valence-corrected chi connectivity index (χ1v) is 4.03. The van der Waals surface area contributed by atoms with Crippen molar-refractivity contribution in [3.63, 3.8) is 0 Å². The summed E-state index contributed by atoms with van der Waals surface area (Å²) in [5.74, 6) is 0.337. The van der Waals surface area contributed by atoms with E-state index in [9.17, 15) is 10.1 Å². The van der Waals surface area contributed by atoms with E-state index in [0.717, 1.165) is 6.08 Å². The van der Waals surface area contributed by atoms with Crippen LogP contribution in [0.2, 0.25) is 0 Å². The summed E-state index contributed by atoms with van der Waals surface area (Å²) in [6.45, 7) is 0. The van der Waals surface area contributed by atoms with Crippen LogP contribution in [0.1, 0.15) is 5.76 Å². The Morgan fingerprint density at radius 3 is 2.83 bits per heavy atom. The fourth-order valence-corrected chi connectivity index (χ4v) is 1.00. The standard InChI is InChI=1S/C6H3BrClNO3/c7-5-2-1-4(12-5)3-6(8)9(10)11/h1-3H/b6-3+. The van der Waals surface area contributed by atoms with E-state index in [2.05, 4.69) is 15.9 Å². The van der Waals surface area contributed by atoms with Crippen molar-refractivity contribution < 1.29 is 9.34 Å². The van der Waals surface area contributed by atoms with Crippen molar-refractivity contribution in [1.82, 2.24) is 0 Å². The molecule has 1 aromatic rings. The largest absolute Gasteiger partial charge is 0.450 e. The SMILES string of the molecule is O=[N+]([O-])/C(Cl)=C/c1ccc(Br)o1. The van der Waals surface area contributed by atoms with Gasteiger partial charge in [0.1, 0.15) is 5.76 Å². The normalized spacial score (nSPS) is 11.7. The van der Waals surface area contributed by atoms with E-state index in [-0.39, 0.29) is 0 Å². The third-order valence-electron chi connectivity index (χ3n) is 1.03. The van der Waals surface area contributed by atoms with Gasteiger partial charge in [0, 0.05) is 0 Å². The van der Waals surface area contributed by atoms with Gasteiger partial charge < -0.3 is 4.42 Å². The number of nitro groups is 1. The first kappa shape index (κ1) is 9.28. The number of hydrogen-bond donors (Lipinski definition) is 0. The quantitative estimate of drug-likeness (QED) is 0.462. The van der Waals surface area contributed by atoms with E-state index in [1.807, 2.05) is 0 Å². The van der Waals surface area contributed by atoms with Crippen LogP contribution < -0.4 is 0 Å². The topological polar surface area (TPSA) is 56.3 Å². The molecule has 0 amide bonds. The maximum absolute atomic E-state index is 10.1. The second kappa shape index (κ2) is 3.73. The predicted octanol–water partition coefficient (Wildman–Crippen LogP) is 2.86. The van der Waals surface area contributed by atoms with Crippen molar-refractivity contribution in [2.45, 2.75) is 0 Å². The van der Waals surface area contributed by atoms with Gasteiger partial charge in [-0.05, 0) is 39.7 Å². The van der Waals surface area contributed by atoms with E-state index >= 15 is 0 Å². The van der Waals surface area contributed by atoms with Crippen molar-refractivity contribution >= 4 is 33.6 Å². The summed E-state index contributed by atoms with van der Waals surface area (Å²) in [5.41, 5.74) is 0. The molecule has 1 heterocycles. The summed E-state index contributed by atoms with van der Waals surface area (Å²) in [6, 6.07) is 3.19. The highest BCUT2D eigenvalue weighted by molar-refractivity contribution is 9.10. The van der Waals surface area contributed by atoms with Crippen molar-refractivity contribution in [2.75, 3.05) is 0 Å². The van der Waals surface area contributed by atoms with Gasteiger partial charge in [0.15, 0.2) is 4.67 Å². The molecule has 0 bridgehead atoms. The van der Waals surface area contributed by atoms with E-state index in [0.29, 0.717) is 10.4 Å². The van der Waals surface area contributed by atoms with E-state index in [1.165, 1.54) is 0 Å². The molecule has 0 saturated carbocycles. The maximum Gasteiger partial charge on any atom is 0.340 e. The molecule has 0 radical (unpaired) electrons. The number of nitrogens with zero attached hydrogens (tertiary/aromatic N) is 1.